The Hall–Kier alpha value is -0.540. The summed E-state index contributed by atoms with van der Waals surface area (Å²) in [6.45, 7) is 0. The molecule has 1 aromatic carbocycles. The van der Waals surface area contributed by atoms with E-state index in [0.717, 1.165) is 15.8 Å². The maximum absolute atomic E-state index is 6.01. The first kappa shape index (κ1) is 12.9. The van der Waals surface area contributed by atoms with Crippen LogP contribution in [0.1, 0.15) is 16.5 Å². The number of likely N-dealkylation sites (N-methyl/N-ethyl adjacent to an activating group) is 1. The van der Waals surface area contributed by atoms with Gasteiger partial charge >= 0.3 is 0 Å². The van der Waals surface area contributed by atoms with E-state index in [4.69, 9.17) is 23.2 Å². The van der Waals surface area contributed by atoms with Crippen molar-refractivity contribution in [2.24, 2.45) is 0 Å². The van der Waals surface area contributed by atoms with E-state index >= 15 is 0 Å². The highest BCUT2D eigenvalue weighted by Gasteiger charge is 2.11. The standard InChI is InChI=1S/C13H13Cl2NS/c1-16-12(8-11-5-6-13(15)17-11)9-3-2-4-10(14)7-9/h2-7,12,16H,8H2,1H3. The summed E-state index contributed by atoms with van der Waals surface area (Å²) < 4.78 is 0.834. The van der Waals surface area contributed by atoms with Crippen molar-refractivity contribution in [2.45, 2.75) is 12.5 Å². The van der Waals surface area contributed by atoms with Gasteiger partial charge in [0.25, 0.3) is 0 Å². The van der Waals surface area contributed by atoms with Crippen molar-refractivity contribution in [3.05, 3.63) is 56.2 Å². The fraction of sp³-hybridized carbons (Fsp3) is 0.231. The number of benzene rings is 1. The SMILES string of the molecule is CNC(Cc1ccc(Cl)s1)c1cccc(Cl)c1. The van der Waals surface area contributed by atoms with Gasteiger partial charge in [-0.05, 0) is 36.9 Å². The lowest BCUT2D eigenvalue weighted by Crippen LogP contribution is -2.18. The summed E-state index contributed by atoms with van der Waals surface area (Å²) in [5.74, 6) is 0. The Morgan fingerprint density at radius 3 is 2.65 bits per heavy atom. The third-order valence-corrected chi connectivity index (χ3v) is 4.12. The molecule has 1 nitrogen and oxygen atoms in total. The third kappa shape index (κ3) is 3.46. The van der Waals surface area contributed by atoms with Gasteiger partial charge in [0.05, 0.1) is 4.34 Å². The molecule has 17 heavy (non-hydrogen) atoms. The van der Waals surface area contributed by atoms with Crippen LogP contribution in [0.4, 0.5) is 0 Å². The van der Waals surface area contributed by atoms with Gasteiger partial charge in [-0.1, -0.05) is 35.3 Å². The molecular formula is C13H13Cl2NS. The van der Waals surface area contributed by atoms with Crippen molar-refractivity contribution in [1.29, 1.82) is 0 Å². The van der Waals surface area contributed by atoms with Crippen molar-refractivity contribution < 1.29 is 0 Å². The average molecular weight is 286 g/mol. The second-order valence-corrected chi connectivity index (χ2v) is 6.04. The van der Waals surface area contributed by atoms with Crippen LogP contribution in [-0.2, 0) is 6.42 Å². The molecule has 1 unspecified atom stereocenters. The molecule has 0 saturated carbocycles. The van der Waals surface area contributed by atoms with Crippen LogP contribution in [-0.4, -0.2) is 7.05 Å². The smallest absolute Gasteiger partial charge is 0.0931 e. The molecule has 4 heteroatoms. The van der Waals surface area contributed by atoms with E-state index in [0.29, 0.717) is 0 Å². The predicted octanol–water partition coefficient (Wildman–Crippen LogP) is 4.56. The molecule has 0 amide bonds. The van der Waals surface area contributed by atoms with E-state index in [9.17, 15) is 0 Å². The van der Waals surface area contributed by atoms with Crippen LogP contribution >= 0.6 is 34.5 Å². The second kappa shape index (κ2) is 5.87. The van der Waals surface area contributed by atoms with Gasteiger partial charge in [0, 0.05) is 22.4 Å². The van der Waals surface area contributed by atoms with Crippen molar-refractivity contribution in [3.63, 3.8) is 0 Å². The summed E-state index contributed by atoms with van der Waals surface area (Å²) in [6.07, 6.45) is 0.925. The highest BCUT2D eigenvalue weighted by Crippen LogP contribution is 2.27. The van der Waals surface area contributed by atoms with E-state index < -0.39 is 0 Å². The van der Waals surface area contributed by atoms with Gasteiger partial charge in [-0.15, -0.1) is 11.3 Å². The molecule has 2 rings (SSSR count). The van der Waals surface area contributed by atoms with Gasteiger partial charge in [-0.25, -0.2) is 0 Å². The Balaban J connectivity index is 2.16. The van der Waals surface area contributed by atoms with Gasteiger partial charge in [-0.3, -0.25) is 0 Å². The molecule has 1 heterocycles. The Morgan fingerprint density at radius 2 is 2.06 bits per heavy atom. The van der Waals surface area contributed by atoms with Crippen LogP contribution in [0.2, 0.25) is 9.36 Å². The molecule has 0 aliphatic rings. The molecule has 2 aromatic rings. The van der Waals surface area contributed by atoms with Crippen LogP contribution in [0.15, 0.2) is 36.4 Å². The Kier molecular flexibility index (Phi) is 4.46. The molecule has 1 aromatic heterocycles. The lowest BCUT2D eigenvalue weighted by atomic mass is 10.0. The minimum atomic E-state index is 0.267. The molecule has 0 bridgehead atoms. The summed E-state index contributed by atoms with van der Waals surface area (Å²) in [7, 11) is 1.96. The maximum atomic E-state index is 6.01. The Morgan fingerprint density at radius 1 is 1.24 bits per heavy atom. The molecule has 0 radical (unpaired) electrons. The zero-order valence-corrected chi connectivity index (χ0v) is 11.7. The molecule has 0 spiro atoms. The molecule has 0 aliphatic carbocycles. The van der Waals surface area contributed by atoms with E-state index in [-0.39, 0.29) is 6.04 Å². The van der Waals surface area contributed by atoms with Gasteiger partial charge in [-0.2, -0.15) is 0 Å². The van der Waals surface area contributed by atoms with E-state index in [2.05, 4.69) is 17.4 Å². The Bertz CT molecular complexity index is 496. The zero-order chi connectivity index (χ0) is 12.3. The summed E-state index contributed by atoms with van der Waals surface area (Å²) in [6, 6.07) is 12.2. The van der Waals surface area contributed by atoms with Crippen LogP contribution in [0.5, 0.6) is 0 Å². The first-order valence-corrected chi connectivity index (χ1v) is 6.93. The maximum Gasteiger partial charge on any atom is 0.0931 e. The highest BCUT2D eigenvalue weighted by molar-refractivity contribution is 7.16. The fourth-order valence-electron chi connectivity index (χ4n) is 1.77. The Labute approximate surface area is 115 Å². The topological polar surface area (TPSA) is 12.0 Å². The fourth-order valence-corrected chi connectivity index (χ4v) is 3.10. The van der Waals surface area contributed by atoms with Gasteiger partial charge in [0.1, 0.15) is 0 Å². The van der Waals surface area contributed by atoms with Crippen LogP contribution < -0.4 is 5.32 Å². The first-order chi connectivity index (χ1) is 8.19. The number of thiophene rings is 1. The summed E-state index contributed by atoms with van der Waals surface area (Å²) >= 11 is 13.6. The lowest BCUT2D eigenvalue weighted by molar-refractivity contribution is 0.596. The quantitative estimate of drug-likeness (QED) is 0.869. The predicted molar refractivity (Wildman–Crippen MR) is 76.3 cm³/mol. The number of rotatable bonds is 4. The first-order valence-electron chi connectivity index (χ1n) is 5.36. The molecular weight excluding hydrogens is 273 g/mol. The van der Waals surface area contributed by atoms with Crippen molar-refractivity contribution in [1.82, 2.24) is 5.32 Å². The molecule has 1 atom stereocenters. The van der Waals surface area contributed by atoms with Gasteiger partial charge < -0.3 is 5.32 Å². The minimum absolute atomic E-state index is 0.267. The molecule has 0 saturated heterocycles. The van der Waals surface area contributed by atoms with E-state index in [1.54, 1.807) is 11.3 Å². The van der Waals surface area contributed by atoms with Gasteiger partial charge in [0.15, 0.2) is 0 Å². The summed E-state index contributed by atoms with van der Waals surface area (Å²) in [5.41, 5.74) is 1.20. The average Bonchev–Trinajstić information content (AvgIpc) is 2.72. The largest absolute Gasteiger partial charge is 0.313 e. The molecule has 1 N–H and O–H groups in total. The molecule has 0 aliphatic heterocycles. The number of hydrogen-bond donors (Lipinski definition) is 1. The summed E-state index contributed by atoms with van der Waals surface area (Å²) in [5, 5.41) is 4.08. The lowest BCUT2D eigenvalue weighted by Gasteiger charge is -2.15. The van der Waals surface area contributed by atoms with Crippen LogP contribution in [0, 0.1) is 0 Å². The van der Waals surface area contributed by atoms with Crippen LogP contribution in [0.25, 0.3) is 0 Å². The molecule has 90 valence electrons. The van der Waals surface area contributed by atoms with Crippen LogP contribution in [0.3, 0.4) is 0 Å². The normalized spacial score (nSPS) is 12.6. The van der Waals surface area contributed by atoms with E-state index in [1.807, 2.05) is 31.3 Å². The van der Waals surface area contributed by atoms with Crippen molar-refractivity contribution >= 4 is 34.5 Å². The number of halogens is 2. The minimum Gasteiger partial charge on any atom is -0.313 e. The third-order valence-electron chi connectivity index (χ3n) is 2.63. The van der Waals surface area contributed by atoms with E-state index in [1.165, 1.54) is 10.4 Å². The number of nitrogens with one attached hydrogen (secondary N) is 1. The monoisotopic (exact) mass is 285 g/mol. The highest BCUT2D eigenvalue weighted by atomic mass is 35.5. The zero-order valence-electron chi connectivity index (χ0n) is 9.41. The van der Waals surface area contributed by atoms with Gasteiger partial charge in [0.2, 0.25) is 0 Å². The second-order valence-electron chi connectivity index (χ2n) is 3.81. The van der Waals surface area contributed by atoms with Crippen molar-refractivity contribution in [2.75, 3.05) is 7.05 Å². The number of hydrogen-bond acceptors (Lipinski definition) is 2. The summed E-state index contributed by atoms with van der Waals surface area (Å²) in [4.78, 5) is 1.27. The molecule has 0 fully saturated rings. The van der Waals surface area contributed by atoms with Crippen molar-refractivity contribution in [3.8, 4) is 0 Å².